The van der Waals surface area contributed by atoms with E-state index in [1.54, 1.807) is 10.8 Å². The van der Waals surface area contributed by atoms with Gasteiger partial charge < -0.3 is 10.2 Å². The second-order valence-electron chi connectivity index (χ2n) is 6.50. The van der Waals surface area contributed by atoms with Crippen LogP contribution in [0.1, 0.15) is 23.2 Å². The Morgan fingerprint density at radius 2 is 1.86 bits per heavy atom. The number of benzene rings is 1. The summed E-state index contributed by atoms with van der Waals surface area (Å²) in [4.78, 5) is 14.0. The van der Waals surface area contributed by atoms with Crippen molar-refractivity contribution in [2.75, 3.05) is 32.7 Å². The number of alkyl halides is 3. The van der Waals surface area contributed by atoms with Gasteiger partial charge >= 0.3 is 15.5 Å². The van der Waals surface area contributed by atoms with E-state index >= 15 is 0 Å². The van der Waals surface area contributed by atoms with Gasteiger partial charge in [0.05, 0.1) is 0 Å². The largest absolute Gasteiger partial charge is 0.511 e. The summed E-state index contributed by atoms with van der Waals surface area (Å²) in [7, 11) is -5.31. The molecule has 1 amide bonds. The molecule has 1 aromatic carbocycles. The van der Waals surface area contributed by atoms with E-state index in [9.17, 15) is 30.8 Å². The lowest BCUT2D eigenvalue weighted by atomic mass is 9.96. The van der Waals surface area contributed by atoms with E-state index in [0.717, 1.165) is 0 Å². The van der Waals surface area contributed by atoms with Gasteiger partial charge in [0.15, 0.2) is 0 Å². The summed E-state index contributed by atoms with van der Waals surface area (Å²) in [6.07, 6.45) is 1.43. The number of rotatable bonds is 7. The molecule has 0 aromatic heterocycles. The van der Waals surface area contributed by atoms with Crippen molar-refractivity contribution in [2.24, 2.45) is 5.92 Å². The lowest BCUT2D eigenvalue weighted by Crippen LogP contribution is -2.44. The van der Waals surface area contributed by atoms with Gasteiger partial charge in [0.25, 0.3) is 5.91 Å². The lowest BCUT2D eigenvalue weighted by Gasteiger charge is -2.32. The molecule has 1 aliphatic rings. The molecule has 0 atom stereocenters. The van der Waals surface area contributed by atoms with E-state index in [4.69, 9.17) is 0 Å². The molecule has 0 spiro atoms. The van der Waals surface area contributed by atoms with Crippen LogP contribution in [0.15, 0.2) is 18.2 Å². The van der Waals surface area contributed by atoms with Gasteiger partial charge in [-0.3, -0.25) is 4.79 Å². The number of amides is 1. The number of carbonyl (C=O) groups excluding carboxylic acids is 1. The number of nitrogens with zero attached hydrogens (tertiary/aromatic N) is 1. The van der Waals surface area contributed by atoms with Crippen molar-refractivity contribution in [1.29, 1.82) is 0 Å². The van der Waals surface area contributed by atoms with Crippen LogP contribution in [-0.4, -0.2) is 57.5 Å². The summed E-state index contributed by atoms with van der Waals surface area (Å²) in [6.45, 7) is 1.45. The summed E-state index contributed by atoms with van der Waals surface area (Å²) < 4.78 is 74.1. The van der Waals surface area contributed by atoms with Gasteiger partial charge in [0, 0.05) is 28.8 Å². The van der Waals surface area contributed by atoms with Crippen LogP contribution in [-0.2, 0) is 10.0 Å². The number of halogens is 5. The highest BCUT2D eigenvalue weighted by molar-refractivity contribution is 14.1. The summed E-state index contributed by atoms with van der Waals surface area (Å²) in [5, 5.41) is 2.77. The van der Waals surface area contributed by atoms with Gasteiger partial charge in [-0.1, -0.05) is 0 Å². The fraction of sp³-hybridized carbons (Fsp3) is 0.562. The van der Waals surface area contributed by atoms with Crippen molar-refractivity contribution >= 4 is 38.5 Å². The van der Waals surface area contributed by atoms with Crippen LogP contribution in [0.4, 0.5) is 17.6 Å². The van der Waals surface area contributed by atoms with Crippen LogP contribution in [0, 0.1) is 15.3 Å². The minimum Gasteiger partial charge on any atom is -0.352 e. The second-order valence-corrected chi connectivity index (χ2v) is 9.50. The molecule has 1 aromatic rings. The molecular formula is C16H20F4IN3O3S. The molecular weight excluding hydrogens is 517 g/mol. The smallest absolute Gasteiger partial charge is 0.352 e. The zero-order valence-corrected chi connectivity index (χ0v) is 17.7. The topological polar surface area (TPSA) is 78.5 Å². The highest BCUT2D eigenvalue weighted by atomic mass is 127. The monoisotopic (exact) mass is 537 g/mol. The Morgan fingerprint density at radius 3 is 2.43 bits per heavy atom. The predicted octanol–water partition coefficient (Wildman–Crippen LogP) is 2.31. The standard InChI is InChI=1S/C16H20F4IN3O3S/c17-13-7-12(8-14(21)9-13)15(25)22-10-11-1-4-24(5-2-11)6-3-23-28(26,27)16(18,19)20/h7-9,11,23H,1-6,10H2,(H,22,25). The summed E-state index contributed by atoms with van der Waals surface area (Å²) in [5.74, 6) is -0.646. The van der Waals surface area contributed by atoms with Gasteiger partial charge in [-0.25, -0.2) is 17.5 Å². The van der Waals surface area contributed by atoms with E-state index in [1.165, 1.54) is 12.1 Å². The molecule has 0 aliphatic carbocycles. The quantitative estimate of drug-likeness (QED) is 0.414. The average molecular weight is 537 g/mol. The third-order valence-corrected chi connectivity index (χ3v) is 6.22. The normalized spacial score (nSPS) is 16.9. The lowest BCUT2D eigenvalue weighted by molar-refractivity contribution is -0.0448. The maximum atomic E-state index is 13.4. The first-order valence-corrected chi connectivity index (χ1v) is 11.1. The van der Waals surface area contributed by atoms with Gasteiger partial charge in [-0.15, -0.1) is 0 Å². The molecule has 1 fully saturated rings. The van der Waals surface area contributed by atoms with Crippen LogP contribution in [0.2, 0.25) is 0 Å². The molecule has 0 radical (unpaired) electrons. The summed E-state index contributed by atoms with van der Waals surface area (Å²) in [5.41, 5.74) is -5.06. The van der Waals surface area contributed by atoms with Gasteiger partial charge in [-0.2, -0.15) is 13.2 Å². The number of hydrogen-bond donors (Lipinski definition) is 2. The van der Waals surface area contributed by atoms with Crippen LogP contribution in [0.5, 0.6) is 0 Å². The minimum atomic E-state index is -5.31. The molecule has 6 nitrogen and oxygen atoms in total. The number of nitrogens with one attached hydrogen (secondary N) is 2. The Hall–Kier alpha value is -0.990. The predicted molar refractivity (Wildman–Crippen MR) is 104 cm³/mol. The number of sulfonamides is 1. The molecule has 0 unspecified atom stereocenters. The number of piperidine rings is 1. The Bertz CT molecular complexity index is 777. The molecule has 28 heavy (non-hydrogen) atoms. The van der Waals surface area contributed by atoms with Crippen LogP contribution >= 0.6 is 22.6 Å². The van der Waals surface area contributed by atoms with Crippen molar-refractivity contribution < 1.29 is 30.8 Å². The van der Waals surface area contributed by atoms with Crippen LogP contribution in [0.25, 0.3) is 0 Å². The first-order chi connectivity index (χ1) is 13.0. The third kappa shape index (κ3) is 6.81. The van der Waals surface area contributed by atoms with Gasteiger partial charge in [0.1, 0.15) is 5.82 Å². The highest BCUT2D eigenvalue weighted by Crippen LogP contribution is 2.21. The highest BCUT2D eigenvalue weighted by Gasteiger charge is 2.45. The fourth-order valence-electron chi connectivity index (χ4n) is 2.86. The van der Waals surface area contributed by atoms with E-state index in [0.29, 0.717) is 36.0 Å². The van der Waals surface area contributed by atoms with Crippen LogP contribution in [0.3, 0.4) is 0 Å². The SMILES string of the molecule is O=C(NCC1CCN(CCNS(=O)(=O)C(F)(F)F)CC1)c1cc(F)cc(I)c1. The number of likely N-dealkylation sites (tertiary alicyclic amines) is 1. The van der Waals surface area contributed by atoms with Crippen LogP contribution < -0.4 is 10.0 Å². The van der Waals surface area contributed by atoms with Crippen molar-refractivity contribution in [1.82, 2.24) is 14.9 Å². The molecule has 2 N–H and O–H groups in total. The van der Waals surface area contributed by atoms with Crippen molar-refractivity contribution in [3.8, 4) is 0 Å². The summed E-state index contributed by atoms with van der Waals surface area (Å²) >= 11 is 1.93. The van der Waals surface area contributed by atoms with Gasteiger partial charge in [0.2, 0.25) is 0 Å². The molecule has 158 valence electrons. The zero-order chi connectivity index (χ0) is 20.9. The molecule has 0 saturated carbocycles. The van der Waals surface area contributed by atoms with E-state index in [1.807, 2.05) is 27.5 Å². The van der Waals surface area contributed by atoms with E-state index in [2.05, 4.69) is 5.32 Å². The zero-order valence-electron chi connectivity index (χ0n) is 14.7. The Labute approximate surface area is 174 Å². The Morgan fingerprint density at radius 1 is 1.21 bits per heavy atom. The van der Waals surface area contributed by atoms with Gasteiger partial charge in [-0.05, 0) is 72.6 Å². The fourth-order valence-corrected chi connectivity index (χ4v) is 4.01. The maximum Gasteiger partial charge on any atom is 0.511 e. The van der Waals surface area contributed by atoms with E-state index in [-0.39, 0.29) is 30.5 Å². The summed E-state index contributed by atoms with van der Waals surface area (Å²) in [6, 6.07) is 4.08. The second kappa shape index (κ2) is 9.67. The average Bonchev–Trinajstić information content (AvgIpc) is 2.59. The van der Waals surface area contributed by atoms with E-state index < -0.39 is 21.3 Å². The molecule has 1 saturated heterocycles. The molecule has 1 aliphatic heterocycles. The van der Waals surface area contributed by atoms with Crippen molar-refractivity contribution in [3.05, 3.63) is 33.1 Å². The molecule has 2 rings (SSSR count). The third-order valence-electron chi connectivity index (χ3n) is 4.41. The van der Waals surface area contributed by atoms with Crippen molar-refractivity contribution in [2.45, 2.75) is 18.3 Å². The first-order valence-electron chi connectivity index (χ1n) is 8.50. The number of carbonyl (C=O) groups is 1. The number of hydrogen-bond acceptors (Lipinski definition) is 4. The Balaban J connectivity index is 1.70. The minimum absolute atomic E-state index is 0.177. The molecule has 12 heteroatoms. The maximum absolute atomic E-state index is 13.4. The Kier molecular flexibility index (Phi) is 8.05. The molecule has 1 heterocycles. The molecule has 0 bridgehead atoms. The van der Waals surface area contributed by atoms with Crippen molar-refractivity contribution in [3.63, 3.8) is 0 Å². The first kappa shape index (κ1) is 23.3.